The third-order valence-corrected chi connectivity index (χ3v) is 6.04. The molecule has 0 bridgehead atoms. The molecule has 2 N–H and O–H groups in total. The summed E-state index contributed by atoms with van der Waals surface area (Å²) in [6.07, 6.45) is 1.33. The summed E-state index contributed by atoms with van der Waals surface area (Å²) in [5.41, 5.74) is 1.93. The number of hydrogen-bond acceptors (Lipinski definition) is 5. The molecule has 0 saturated carbocycles. The van der Waals surface area contributed by atoms with Gasteiger partial charge in [-0.1, -0.05) is 12.7 Å². The van der Waals surface area contributed by atoms with Crippen molar-refractivity contribution in [2.45, 2.75) is 17.9 Å². The molecule has 0 radical (unpaired) electrons. The van der Waals surface area contributed by atoms with E-state index in [0.29, 0.717) is 0 Å². The Morgan fingerprint density at radius 2 is 1.93 bits per heavy atom. The van der Waals surface area contributed by atoms with Crippen LogP contribution in [0.25, 0.3) is 6.08 Å². The molecule has 0 unspecified atom stereocenters. The number of anilines is 2. The van der Waals surface area contributed by atoms with Crippen molar-refractivity contribution in [3.8, 4) is 0 Å². The van der Waals surface area contributed by atoms with Crippen molar-refractivity contribution in [1.82, 2.24) is 4.98 Å². The van der Waals surface area contributed by atoms with E-state index >= 15 is 0 Å². The summed E-state index contributed by atoms with van der Waals surface area (Å²) in [4.78, 5) is 3.22. The zero-order valence-corrected chi connectivity index (χ0v) is 16.8. The lowest BCUT2D eigenvalue weighted by molar-refractivity contribution is 0.569. The van der Waals surface area contributed by atoms with Crippen LogP contribution in [0.15, 0.2) is 52.7 Å². The monoisotopic (exact) mass is 439 g/mol. The van der Waals surface area contributed by atoms with Crippen molar-refractivity contribution in [3.63, 3.8) is 0 Å². The number of nitrogens with one attached hydrogen (secondary N) is 2. The number of rotatable bonds is 7. The molecule has 5 nitrogen and oxygen atoms in total. The third-order valence-electron chi connectivity index (χ3n) is 4.08. The normalized spacial score (nSPS) is 12.4. The molecule has 152 valence electrons. The zero-order chi connectivity index (χ0) is 21.2. The van der Waals surface area contributed by atoms with E-state index in [4.69, 9.17) is 0 Å². The van der Waals surface area contributed by atoms with Gasteiger partial charge >= 0.3 is 0 Å². The van der Waals surface area contributed by atoms with Gasteiger partial charge in [0.2, 0.25) is 0 Å². The van der Waals surface area contributed by atoms with E-state index in [1.807, 2.05) is 0 Å². The molecular formula is C19H16F3N3O2S2. The van der Waals surface area contributed by atoms with Gasteiger partial charge in [-0.05, 0) is 42.8 Å². The van der Waals surface area contributed by atoms with Gasteiger partial charge in [0.25, 0.3) is 10.0 Å². The standard InChI is InChI=1S/C19H16F3N3O2S2/c1-3-12-6-18(29(26,27)25-19-9-28-10-23-19)16(22)8-17(12)24-11(2)14-7-13(20)4-5-15(14)21/h3-11,24-25H,1H2,2H3/t11-/m0/s1. The number of sulfonamides is 1. The van der Waals surface area contributed by atoms with Crippen LogP contribution in [0.2, 0.25) is 0 Å². The smallest absolute Gasteiger partial charge is 0.266 e. The molecule has 0 fully saturated rings. The number of aromatic nitrogens is 1. The summed E-state index contributed by atoms with van der Waals surface area (Å²) in [6.45, 7) is 5.18. The van der Waals surface area contributed by atoms with Gasteiger partial charge in [0.05, 0.1) is 11.6 Å². The Hall–Kier alpha value is -2.85. The topological polar surface area (TPSA) is 71.1 Å². The molecule has 0 spiro atoms. The molecule has 10 heteroatoms. The number of hydrogen-bond donors (Lipinski definition) is 2. The lowest BCUT2D eigenvalue weighted by Crippen LogP contribution is -2.16. The van der Waals surface area contributed by atoms with Crippen molar-refractivity contribution < 1.29 is 21.6 Å². The molecule has 0 aliphatic heterocycles. The van der Waals surface area contributed by atoms with E-state index in [9.17, 15) is 21.6 Å². The van der Waals surface area contributed by atoms with Gasteiger partial charge in [0.1, 0.15) is 22.3 Å². The molecule has 1 atom stereocenters. The molecule has 1 heterocycles. The van der Waals surface area contributed by atoms with Crippen LogP contribution in [0, 0.1) is 17.5 Å². The largest absolute Gasteiger partial charge is 0.378 e. The maximum Gasteiger partial charge on any atom is 0.266 e. The number of nitrogens with zero attached hydrogens (tertiary/aromatic N) is 1. The molecule has 0 aliphatic rings. The Labute approximate surface area is 170 Å². The summed E-state index contributed by atoms with van der Waals surface area (Å²) in [5.74, 6) is -2.18. The van der Waals surface area contributed by atoms with Crippen LogP contribution in [0.3, 0.4) is 0 Å². The van der Waals surface area contributed by atoms with Gasteiger partial charge in [-0.3, -0.25) is 4.72 Å². The molecule has 3 aromatic rings. The second-order valence-electron chi connectivity index (χ2n) is 6.09. The third kappa shape index (κ3) is 4.60. The number of halogens is 3. The minimum Gasteiger partial charge on any atom is -0.378 e. The first-order chi connectivity index (χ1) is 13.7. The fraction of sp³-hybridized carbons (Fsp3) is 0.105. The van der Waals surface area contributed by atoms with Gasteiger partial charge in [-0.2, -0.15) is 0 Å². The highest BCUT2D eigenvalue weighted by Gasteiger charge is 2.23. The summed E-state index contributed by atoms with van der Waals surface area (Å²) in [7, 11) is -4.22. The Morgan fingerprint density at radius 1 is 1.17 bits per heavy atom. The summed E-state index contributed by atoms with van der Waals surface area (Å²) in [6, 6.07) is 4.38. The van der Waals surface area contributed by atoms with E-state index in [-0.39, 0.29) is 22.6 Å². The molecule has 3 rings (SSSR count). The highest BCUT2D eigenvalue weighted by Crippen LogP contribution is 2.30. The quantitative estimate of drug-likeness (QED) is 0.532. The van der Waals surface area contributed by atoms with Crippen LogP contribution in [-0.2, 0) is 10.0 Å². The van der Waals surface area contributed by atoms with E-state index in [1.165, 1.54) is 28.3 Å². The molecule has 0 amide bonds. The molecule has 0 aliphatic carbocycles. The first-order valence-corrected chi connectivity index (χ1v) is 10.7. The average Bonchev–Trinajstić information content (AvgIpc) is 3.15. The van der Waals surface area contributed by atoms with Crippen molar-refractivity contribution in [1.29, 1.82) is 0 Å². The van der Waals surface area contributed by atoms with E-state index in [2.05, 4.69) is 21.6 Å². The Balaban J connectivity index is 1.94. The summed E-state index contributed by atoms with van der Waals surface area (Å²) in [5, 5.41) is 4.33. The number of thiazole rings is 1. The van der Waals surface area contributed by atoms with Crippen LogP contribution in [0.4, 0.5) is 24.7 Å². The van der Waals surface area contributed by atoms with Crippen LogP contribution < -0.4 is 10.0 Å². The highest BCUT2D eigenvalue weighted by atomic mass is 32.2. The predicted molar refractivity (Wildman–Crippen MR) is 108 cm³/mol. The van der Waals surface area contributed by atoms with Crippen molar-refractivity contribution >= 4 is 38.9 Å². The van der Waals surface area contributed by atoms with Crippen molar-refractivity contribution in [3.05, 3.63) is 76.4 Å². The lowest BCUT2D eigenvalue weighted by atomic mass is 10.1. The van der Waals surface area contributed by atoms with Gasteiger partial charge in [0, 0.05) is 16.6 Å². The van der Waals surface area contributed by atoms with E-state index in [1.54, 1.807) is 6.92 Å². The predicted octanol–water partition coefficient (Wildman–Crippen LogP) is 5.18. The van der Waals surface area contributed by atoms with Crippen LogP contribution >= 0.6 is 11.3 Å². The second-order valence-corrected chi connectivity index (χ2v) is 8.45. The molecular weight excluding hydrogens is 423 g/mol. The fourth-order valence-corrected chi connectivity index (χ4v) is 4.34. The first kappa shape index (κ1) is 20.9. The number of benzene rings is 2. The first-order valence-electron chi connectivity index (χ1n) is 8.29. The Morgan fingerprint density at radius 3 is 2.59 bits per heavy atom. The summed E-state index contributed by atoms with van der Waals surface area (Å²) >= 11 is 1.18. The van der Waals surface area contributed by atoms with Gasteiger partial charge in [-0.15, -0.1) is 11.3 Å². The van der Waals surface area contributed by atoms with Crippen LogP contribution in [0.1, 0.15) is 24.1 Å². The zero-order valence-electron chi connectivity index (χ0n) is 15.1. The summed E-state index contributed by atoms with van der Waals surface area (Å²) < 4.78 is 69.3. The maximum atomic E-state index is 14.6. The Bertz CT molecular complexity index is 1150. The van der Waals surface area contributed by atoms with Crippen LogP contribution in [0.5, 0.6) is 0 Å². The molecule has 29 heavy (non-hydrogen) atoms. The van der Waals surface area contributed by atoms with E-state index in [0.717, 1.165) is 30.3 Å². The van der Waals surface area contributed by atoms with Gasteiger partial charge < -0.3 is 5.32 Å². The highest BCUT2D eigenvalue weighted by molar-refractivity contribution is 7.92. The van der Waals surface area contributed by atoms with E-state index < -0.39 is 38.4 Å². The maximum absolute atomic E-state index is 14.6. The molecule has 1 aromatic heterocycles. The minimum atomic E-state index is -4.22. The van der Waals surface area contributed by atoms with Crippen molar-refractivity contribution in [2.75, 3.05) is 10.0 Å². The van der Waals surface area contributed by atoms with Crippen molar-refractivity contribution in [2.24, 2.45) is 0 Å². The molecule has 2 aromatic carbocycles. The molecule has 0 saturated heterocycles. The van der Waals surface area contributed by atoms with Gasteiger partial charge in [-0.25, -0.2) is 26.6 Å². The van der Waals surface area contributed by atoms with Crippen LogP contribution in [-0.4, -0.2) is 13.4 Å². The SMILES string of the molecule is C=Cc1cc(S(=O)(=O)Nc2cscn2)c(F)cc1N[C@@H](C)c1cc(F)ccc1F. The van der Waals surface area contributed by atoms with Gasteiger partial charge in [0.15, 0.2) is 5.82 Å². The average molecular weight is 439 g/mol. The Kier molecular flexibility index (Phi) is 5.94. The lowest BCUT2D eigenvalue weighted by Gasteiger charge is -2.19. The minimum absolute atomic E-state index is 0.0438. The fourth-order valence-electron chi connectivity index (χ4n) is 2.68. The second kappa shape index (κ2) is 8.26.